The summed E-state index contributed by atoms with van der Waals surface area (Å²) in [4.78, 5) is 14.1. The molecule has 136 valence electrons. The number of pyridine rings is 1. The van der Waals surface area contributed by atoms with Gasteiger partial charge in [-0.05, 0) is 12.1 Å². The van der Waals surface area contributed by atoms with E-state index in [1.54, 1.807) is 35.7 Å². The average molecular weight is 411 g/mol. The minimum atomic E-state index is -0.0363. The van der Waals surface area contributed by atoms with E-state index in [2.05, 4.69) is 10.2 Å². The maximum Gasteiger partial charge on any atom is 0.233 e. The molecule has 0 aliphatic heterocycles. The van der Waals surface area contributed by atoms with Crippen LogP contribution in [0.15, 0.2) is 41.7 Å². The quantitative estimate of drug-likeness (QED) is 0.578. The third-order valence-electron chi connectivity index (χ3n) is 3.75. The molecule has 6 nitrogen and oxygen atoms in total. The van der Waals surface area contributed by atoms with Crippen LogP contribution < -0.4 is 4.74 Å². The van der Waals surface area contributed by atoms with E-state index in [9.17, 15) is 4.79 Å². The normalized spacial score (nSPS) is 10.9. The van der Waals surface area contributed by atoms with Crippen LogP contribution in [0.25, 0.3) is 5.65 Å². The van der Waals surface area contributed by atoms with Crippen molar-refractivity contribution in [3.05, 3.63) is 52.1 Å². The number of benzene rings is 1. The summed E-state index contributed by atoms with van der Waals surface area (Å²) in [6, 6.07) is 9.23. The van der Waals surface area contributed by atoms with Crippen molar-refractivity contribution in [2.24, 2.45) is 0 Å². The fourth-order valence-electron chi connectivity index (χ4n) is 2.41. The molecule has 2 heterocycles. The zero-order valence-electron chi connectivity index (χ0n) is 14.1. The van der Waals surface area contributed by atoms with Crippen LogP contribution in [0.5, 0.6) is 5.75 Å². The summed E-state index contributed by atoms with van der Waals surface area (Å²) < 4.78 is 7.01. The zero-order chi connectivity index (χ0) is 18.7. The predicted octanol–water partition coefficient (Wildman–Crippen LogP) is 3.80. The molecular weight excluding hydrogens is 395 g/mol. The molecule has 0 saturated heterocycles. The van der Waals surface area contributed by atoms with Gasteiger partial charge in [0.15, 0.2) is 10.8 Å². The number of aromatic nitrogens is 3. The Balaban J connectivity index is 1.67. The molecule has 0 unspecified atom stereocenters. The molecule has 0 aliphatic carbocycles. The Labute approximate surface area is 165 Å². The highest BCUT2D eigenvalue weighted by atomic mass is 35.5. The standard InChI is InChI=1S/C17H16Cl2N4O2S/c1-22(8-11-5-3-4-6-14(11)25-2)15(24)10-26-17-21-20-16-13(19)7-12(18)9-23(16)17/h3-7,9H,8,10H2,1-2H3. The molecule has 0 atom stereocenters. The highest BCUT2D eigenvalue weighted by molar-refractivity contribution is 7.99. The van der Waals surface area contributed by atoms with Crippen LogP contribution in [0.2, 0.25) is 10.0 Å². The van der Waals surface area contributed by atoms with E-state index >= 15 is 0 Å². The van der Waals surface area contributed by atoms with Gasteiger partial charge in [0.1, 0.15) is 5.75 Å². The number of nitrogens with zero attached hydrogens (tertiary/aromatic N) is 4. The van der Waals surface area contributed by atoms with Crippen molar-refractivity contribution in [3.8, 4) is 5.75 Å². The maximum absolute atomic E-state index is 12.5. The Morgan fingerprint density at radius 1 is 1.31 bits per heavy atom. The van der Waals surface area contributed by atoms with Crippen LogP contribution in [-0.4, -0.2) is 45.3 Å². The lowest BCUT2D eigenvalue weighted by Crippen LogP contribution is -2.28. The van der Waals surface area contributed by atoms with Crippen molar-refractivity contribution in [1.82, 2.24) is 19.5 Å². The van der Waals surface area contributed by atoms with E-state index in [1.165, 1.54) is 11.8 Å². The smallest absolute Gasteiger partial charge is 0.233 e. The summed E-state index contributed by atoms with van der Waals surface area (Å²) in [6.45, 7) is 0.460. The Morgan fingerprint density at radius 2 is 2.08 bits per heavy atom. The van der Waals surface area contributed by atoms with Gasteiger partial charge in [-0.15, -0.1) is 10.2 Å². The second-order valence-electron chi connectivity index (χ2n) is 5.53. The minimum absolute atomic E-state index is 0.0363. The summed E-state index contributed by atoms with van der Waals surface area (Å²) in [7, 11) is 3.37. The predicted molar refractivity (Wildman–Crippen MR) is 103 cm³/mol. The van der Waals surface area contributed by atoms with Gasteiger partial charge < -0.3 is 9.64 Å². The number of carbonyl (C=O) groups is 1. The Kier molecular flexibility index (Phi) is 5.90. The van der Waals surface area contributed by atoms with Crippen molar-refractivity contribution in [2.75, 3.05) is 19.9 Å². The molecule has 3 aromatic rings. The Bertz CT molecular complexity index is 948. The first-order valence-electron chi connectivity index (χ1n) is 7.68. The molecule has 1 amide bonds. The molecule has 0 radical (unpaired) electrons. The number of thioether (sulfide) groups is 1. The second-order valence-corrected chi connectivity index (χ2v) is 7.32. The fourth-order valence-corrected chi connectivity index (χ4v) is 3.77. The van der Waals surface area contributed by atoms with Crippen LogP contribution in [0, 0.1) is 0 Å². The molecule has 0 aliphatic rings. The highest BCUT2D eigenvalue weighted by Gasteiger charge is 2.15. The molecular formula is C17H16Cl2N4O2S. The summed E-state index contributed by atoms with van der Waals surface area (Å²) in [5.74, 6) is 0.939. The first-order valence-corrected chi connectivity index (χ1v) is 9.42. The van der Waals surface area contributed by atoms with Crippen LogP contribution in [0.3, 0.4) is 0 Å². The maximum atomic E-state index is 12.5. The van der Waals surface area contributed by atoms with Crippen LogP contribution in [-0.2, 0) is 11.3 Å². The minimum Gasteiger partial charge on any atom is -0.496 e. The van der Waals surface area contributed by atoms with Crippen LogP contribution in [0.4, 0.5) is 0 Å². The highest BCUT2D eigenvalue weighted by Crippen LogP contribution is 2.25. The van der Waals surface area contributed by atoms with E-state index in [0.29, 0.717) is 27.4 Å². The molecule has 9 heteroatoms. The number of rotatable bonds is 6. The number of halogens is 2. The zero-order valence-corrected chi connectivity index (χ0v) is 16.5. The molecule has 2 aromatic heterocycles. The van der Waals surface area contributed by atoms with Crippen molar-refractivity contribution in [1.29, 1.82) is 0 Å². The lowest BCUT2D eigenvalue weighted by Gasteiger charge is -2.18. The fraction of sp³-hybridized carbons (Fsp3) is 0.235. The van der Waals surface area contributed by atoms with Gasteiger partial charge in [-0.1, -0.05) is 53.2 Å². The third kappa shape index (κ3) is 4.06. The number of methoxy groups -OCH3 is 1. The summed E-state index contributed by atoms with van der Waals surface area (Å²) in [5.41, 5.74) is 1.45. The van der Waals surface area contributed by atoms with Crippen molar-refractivity contribution in [3.63, 3.8) is 0 Å². The molecule has 3 rings (SSSR count). The van der Waals surface area contributed by atoms with Crippen LogP contribution >= 0.6 is 35.0 Å². The number of hydrogen-bond acceptors (Lipinski definition) is 5. The van der Waals surface area contributed by atoms with Crippen LogP contribution in [0.1, 0.15) is 5.56 Å². The van der Waals surface area contributed by atoms with E-state index < -0.39 is 0 Å². The largest absolute Gasteiger partial charge is 0.496 e. The van der Waals surface area contributed by atoms with E-state index in [1.807, 2.05) is 24.3 Å². The lowest BCUT2D eigenvalue weighted by molar-refractivity contribution is -0.127. The van der Waals surface area contributed by atoms with Gasteiger partial charge in [-0.25, -0.2) is 0 Å². The number of fused-ring (bicyclic) bond motifs is 1. The number of ether oxygens (including phenoxy) is 1. The van der Waals surface area contributed by atoms with E-state index in [4.69, 9.17) is 27.9 Å². The van der Waals surface area contributed by atoms with Gasteiger partial charge in [-0.3, -0.25) is 9.20 Å². The molecule has 0 saturated carbocycles. The molecule has 0 fully saturated rings. The summed E-state index contributed by atoms with van der Waals surface area (Å²) in [6.07, 6.45) is 1.67. The Hall–Kier alpha value is -1.96. The number of amides is 1. The molecule has 26 heavy (non-hydrogen) atoms. The first kappa shape index (κ1) is 18.8. The van der Waals surface area contributed by atoms with Crippen molar-refractivity contribution >= 4 is 46.5 Å². The molecule has 1 aromatic carbocycles. The van der Waals surface area contributed by atoms with Gasteiger partial charge in [0.25, 0.3) is 0 Å². The van der Waals surface area contributed by atoms with Gasteiger partial charge in [0, 0.05) is 25.4 Å². The number of hydrogen-bond donors (Lipinski definition) is 0. The SMILES string of the molecule is COc1ccccc1CN(C)C(=O)CSc1nnc2c(Cl)cc(Cl)cn12. The molecule has 0 spiro atoms. The Morgan fingerprint density at radius 3 is 2.85 bits per heavy atom. The van der Waals surface area contributed by atoms with Crippen molar-refractivity contribution < 1.29 is 9.53 Å². The number of para-hydroxylation sites is 1. The number of carbonyl (C=O) groups excluding carboxylic acids is 1. The van der Waals surface area contributed by atoms with E-state index in [0.717, 1.165) is 11.3 Å². The van der Waals surface area contributed by atoms with Gasteiger partial charge >= 0.3 is 0 Å². The topological polar surface area (TPSA) is 59.7 Å². The van der Waals surface area contributed by atoms with E-state index in [-0.39, 0.29) is 11.7 Å². The lowest BCUT2D eigenvalue weighted by atomic mass is 10.2. The molecule has 0 N–H and O–H groups in total. The second kappa shape index (κ2) is 8.16. The van der Waals surface area contributed by atoms with Gasteiger partial charge in [-0.2, -0.15) is 0 Å². The van der Waals surface area contributed by atoms with Gasteiger partial charge in [0.2, 0.25) is 5.91 Å². The summed E-state index contributed by atoms with van der Waals surface area (Å²) in [5, 5.41) is 9.56. The van der Waals surface area contributed by atoms with Gasteiger partial charge in [0.05, 0.1) is 22.9 Å². The summed E-state index contributed by atoms with van der Waals surface area (Å²) >= 11 is 13.4. The molecule has 0 bridgehead atoms. The average Bonchev–Trinajstić information content (AvgIpc) is 3.03. The monoisotopic (exact) mass is 410 g/mol. The first-order chi connectivity index (χ1) is 12.5. The third-order valence-corrected chi connectivity index (χ3v) is 5.16. The van der Waals surface area contributed by atoms with Crippen molar-refractivity contribution in [2.45, 2.75) is 11.7 Å².